The zero-order chi connectivity index (χ0) is 23.4. The molecule has 2 N–H and O–H groups in total. The third kappa shape index (κ3) is 5.38. The summed E-state index contributed by atoms with van der Waals surface area (Å²) >= 11 is 0. The molecule has 9 heteroatoms. The van der Waals surface area contributed by atoms with E-state index in [-0.39, 0.29) is 22.1 Å². The number of amides is 2. The van der Waals surface area contributed by atoms with E-state index in [4.69, 9.17) is 0 Å². The second kappa shape index (κ2) is 9.41. The predicted octanol–water partition coefficient (Wildman–Crippen LogP) is 4.00. The van der Waals surface area contributed by atoms with Crippen LogP contribution in [-0.4, -0.2) is 31.7 Å². The lowest BCUT2D eigenvalue weighted by Gasteiger charge is -2.16. The number of rotatable bonds is 7. The average Bonchev–Trinajstić information content (AvgIpc) is 3.18. The van der Waals surface area contributed by atoms with Crippen LogP contribution in [0.2, 0.25) is 0 Å². The third-order valence-electron chi connectivity index (χ3n) is 5.27. The average molecular weight is 468 g/mol. The molecule has 170 valence electrons. The van der Waals surface area contributed by atoms with Crippen molar-refractivity contribution >= 4 is 33.2 Å². The van der Waals surface area contributed by atoms with E-state index >= 15 is 0 Å². The summed E-state index contributed by atoms with van der Waals surface area (Å²) in [4.78, 5) is 26.5. The number of sulfonamides is 1. The molecule has 0 aliphatic carbocycles. The first-order valence-corrected chi connectivity index (χ1v) is 11.9. The van der Waals surface area contributed by atoms with Crippen LogP contribution < -0.4 is 10.0 Å². The lowest BCUT2D eigenvalue weighted by atomic mass is 10.1. The summed E-state index contributed by atoms with van der Waals surface area (Å²) in [5, 5.41) is 2.78. The molecule has 0 saturated carbocycles. The molecular formula is C24H22FN3O4S. The van der Waals surface area contributed by atoms with Crippen LogP contribution in [0.4, 0.5) is 15.8 Å². The van der Waals surface area contributed by atoms with Crippen LogP contribution in [0.25, 0.3) is 0 Å². The summed E-state index contributed by atoms with van der Waals surface area (Å²) < 4.78 is 40.9. The van der Waals surface area contributed by atoms with Crippen molar-refractivity contribution in [2.75, 3.05) is 16.6 Å². The second-order valence-corrected chi connectivity index (χ2v) is 9.36. The maximum absolute atomic E-state index is 13.2. The number of carbonyl (C=O) groups is 2. The van der Waals surface area contributed by atoms with E-state index in [1.807, 2.05) is 6.07 Å². The Kier molecular flexibility index (Phi) is 6.41. The Balaban J connectivity index is 1.51. The molecule has 1 saturated heterocycles. The van der Waals surface area contributed by atoms with Gasteiger partial charge in [-0.25, -0.2) is 12.8 Å². The first-order chi connectivity index (χ1) is 15.8. The van der Waals surface area contributed by atoms with Crippen molar-refractivity contribution in [1.82, 2.24) is 4.90 Å². The highest BCUT2D eigenvalue weighted by Crippen LogP contribution is 2.23. The highest BCUT2D eigenvalue weighted by atomic mass is 32.2. The number of para-hydroxylation sites is 1. The Labute approximate surface area is 191 Å². The van der Waals surface area contributed by atoms with Crippen LogP contribution in [0.1, 0.15) is 28.8 Å². The molecule has 2 amide bonds. The van der Waals surface area contributed by atoms with Gasteiger partial charge in [-0.3, -0.25) is 14.3 Å². The predicted molar refractivity (Wildman–Crippen MR) is 123 cm³/mol. The van der Waals surface area contributed by atoms with E-state index in [9.17, 15) is 22.4 Å². The molecule has 0 radical (unpaired) electrons. The summed E-state index contributed by atoms with van der Waals surface area (Å²) in [5.74, 6) is -0.932. The Morgan fingerprint density at radius 1 is 1.00 bits per heavy atom. The normalized spacial score (nSPS) is 13.7. The molecule has 1 aliphatic heterocycles. The van der Waals surface area contributed by atoms with Gasteiger partial charge in [-0.1, -0.05) is 24.3 Å². The van der Waals surface area contributed by atoms with Crippen LogP contribution in [0.3, 0.4) is 0 Å². The zero-order valence-electron chi connectivity index (χ0n) is 17.6. The number of hydrogen-bond acceptors (Lipinski definition) is 4. The fourth-order valence-electron chi connectivity index (χ4n) is 3.62. The van der Waals surface area contributed by atoms with Gasteiger partial charge in [-0.15, -0.1) is 0 Å². The molecule has 1 aliphatic rings. The van der Waals surface area contributed by atoms with Crippen LogP contribution in [-0.2, 0) is 21.4 Å². The van der Waals surface area contributed by atoms with E-state index < -0.39 is 21.7 Å². The van der Waals surface area contributed by atoms with Crippen molar-refractivity contribution < 1.29 is 22.4 Å². The molecule has 3 aromatic carbocycles. The first kappa shape index (κ1) is 22.5. The summed E-state index contributed by atoms with van der Waals surface area (Å²) in [6.45, 7) is 1.19. The molecule has 1 heterocycles. The molecule has 0 spiro atoms. The first-order valence-electron chi connectivity index (χ1n) is 10.4. The smallest absolute Gasteiger partial charge is 0.261 e. The van der Waals surface area contributed by atoms with Gasteiger partial charge >= 0.3 is 0 Å². The highest BCUT2D eigenvalue weighted by Gasteiger charge is 2.21. The molecule has 33 heavy (non-hydrogen) atoms. The van der Waals surface area contributed by atoms with Crippen molar-refractivity contribution in [3.05, 3.63) is 89.7 Å². The summed E-state index contributed by atoms with van der Waals surface area (Å²) in [6.07, 6.45) is 1.40. The van der Waals surface area contributed by atoms with Gasteiger partial charge in [-0.2, -0.15) is 0 Å². The van der Waals surface area contributed by atoms with Gasteiger partial charge in [0, 0.05) is 25.2 Å². The van der Waals surface area contributed by atoms with Gasteiger partial charge in [0.25, 0.3) is 15.9 Å². The van der Waals surface area contributed by atoms with E-state index in [2.05, 4.69) is 10.0 Å². The van der Waals surface area contributed by atoms with E-state index in [1.165, 1.54) is 12.1 Å². The van der Waals surface area contributed by atoms with Crippen LogP contribution in [0.5, 0.6) is 0 Å². The minimum atomic E-state index is -4.02. The number of likely N-dealkylation sites (tertiary alicyclic amines) is 1. The van der Waals surface area contributed by atoms with Gasteiger partial charge in [0.1, 0.15) is 5.82 Å². The van der Waals surface area contributed by atoms with Crippen LogP contribution >= 0.6 is 0 Å². The number of nitrogens with zero attached hydrogens (tertiary/aromatic N) is 1. The number of anilines is 2. The lowest BCUT2D eigenvalue weighted by Crippen LogP contribution is -2.24. The largest absolute Gasteiger partial charge is 0.338 e. The van der Waals surface area contributed by atoms with Crippen molar-refractivity contribution in [3.63, 3.8) is 0 Å². The standard InChI is InChI=1S/C24H22FN3O4S/c25-18-10-12-20(13-11-18)33(31,32)27-22-8-2-1-7-21(22)24(30)26-19-6-3-5-17(15-19)16-28-14-4-9-23(28)29/h1-3,5-8,10-13,15,27H,4,9,14,16H2,(H,26,30). The molecule has 3 aromatic rings. The molecule has 0 bridgehead atoms. The Morgan fingerprint density at radius 2 is 1.76 bits per heavy atom. The molecule has 4 rings (SSSR count). The zero-order valence-corrected chi connectivity index (χ0v) is 18.4. The Hall–Kier alpha value is -3.72. The maximum atomic E-state index is 13.2. The summed E-state index contributed by atoms with van der Waals surface area (Å²) in [6, 6.07) is 17.8. The molecular weight excluding hydrogens is 445 g/mol. The quantitative estimate of drug-likeness (QED) is 0.549. The minimum Gasteiger partial charge on any atom is -0.338 e. The SMILES string of the molecule is O=C(Nc1cccc(CN2CCCC2=O)c1)c1ccccc1NS(=O)(=O)c1ccc(F)cc1. The molecule has 7 nitrogen and oxygen atoms in total. The van der Waals surface area contributed by atoms with Crippen LogP contribution in [0, 0.1) is 5.82 Å². The van der Waals surface area contributed by atoms with Gasteiger partial charge in [0.2, 0.25) is 5.91 Å². The summed E-state index contributed by atoms with van der Waals surface area (Å²) in [7, 11) is -4.02. The number of carbonyl (C=O) groups excluding carboxylic acids is 2. The van der Waals surface area contributed by atoms with E-state index in [0.717, 1.165) is 42.8 Å². The lowest BCUT2D eigenvalue weighted by molar-refractivity contribution is -0.128. The van der Waals surface area contributed by atoms with E-state index in [1.54, 1.807) is 35.2 Å². The monoisotopic (exact) mass is 467 g/mol. The highest BCUT2D eigenvalue weighted by molar-refractivity contribution is 7.92. The van der Waals surface area contributed by atoms with Gasteiger partial charge in [-0.05, 0) is 60.5 Å². The number of halogens is 1. The molecule has 0 aromatic heterocycles. The fraction of sp³-hybridized carbons (Fsp3) is 0.167. The molecule has 0 atom stereocenters. The van der Waals surface area contributed by atoms with Crippen molar-refractivity contribution in [2.24, 2.45) is 0 Å². The van der Waals surface area contributed by atoms with Gasteiger partial charge < -0.3 is 10.2 Å². The maximum Gasteiger partial charge on any atom is 0.261 e. The van der Waals surface area contributed by atoms with Gasteiger partial charge in [0.05, 0.1) is 16.1 Å². The Bertz CT molecular complexity index is 1290. The van der Waals surface area contributed by atoms with Crippen molar-refractivity contribution in [1.29, 1.82) is 0 Å². The van der Waals surface area contributed by atoms with Crippen molar-refractivity contribution in [3.8, 4) is 0 Å². The molecule has 0 unspecified atom stereocenters. The fourth-order valence-corrected chi connectivity index (χ4v) is 4.70. The topological polar surface area (TPSA) is 95.6 Å². The number of benzene rings is 3. The number of hydrogen-bond donors (Lipinski definition) is 2. The third-order valence-corrected chi connectivity index (χ3v) is 6.65. The van der Waals surface area contributed by atoms with E-state index in [0.29, 0.717) is 18.7 Å². The number of nitrogens with one attached hydrogen (secondary N) is 2. The second-order valence-electron chi connectivity index (χ2n) is 7.68. The molecule has 1 fully saturated rings. The van der Waals surface area contributed by atoms with Gasteiger partial charge in [0.15, 0.2) is 0 Å². The van der Waals surface area contributed by atoms with Crippen LogP contribution in [0.15, 0.2) is 77.7 Å². The van der Waals surface area contributed by atoms with Crippen molar-refractivity contribution in [2.45, 2.75) is 24.3 Å². The Morgan fingerprint density at radius 3 is 2.48 bits per heavy atom. The minimum absolute atomic E-state index is 0.0955. The summed E-state index contributed by atoms with van der Waals surface area (Å²) in [5.41, 5.74) is 1.63.